The van der Waals surface area contributed by atoms with Crippen LogP contribution in [0.3, 0.4) is 0 Å². The molecule has 0 aliphatic heterocycles. The van der Waals surface area contributed by atoms with Crippen LogP contribution in [0.15, 0.2) is 24.3 Å². The Labute approximate surface area is 118 Å². The summed E-state index contributed by atoms with van der Waals surface area (Å²) in [6, 6.07) is 9.03. The van der Waals surface area contributed by atoms with Gasteiger partial charge in [0.1, 0.15) is 0 Å². The van der Waals surface area contributed by atoms with Gasteiger partial charge in [0.25, 0.3) is 0 Å². The third-order valence-electron chi connectivity index (χ3n) is 4.44. The zero-order chi connectivity index (χ0) is 13.9. The van der Waals surface area contributed by atoms with Crippen molar-refractivity contribution in [1.82, 2.24) is 0 Å². The van der Waals surface area contributed by atoms with Crippen LogP contribution in [0.1, 0.15) is 38.7 Å². The first kappa shape index (κ1) is 14.4. The van der Waals surface area contributed by atoms with Crippen LogP contribution in [0.2, 0.25) is 0 Å². The fourth-order valence-electron chi connectivity index (χ4n) is 3.06. The highest BCUT2D eigenvalue weighted by atomic mass is 15.1. The Morgan fingerprint density at radius 2 is 1.84 bits per heavy atom. The Balaban J connectivity index is 1.97. The van der Waals surface area contributed by atoms with Crippen LogP contribution in [0.5, 0.6) is 0 Å². The van der Waals surface area contributed by atoms with Gasteiger partial charge in [-0.05, 0) is 49.4 Å². The van der Waals surface area contributed by atoms with Crippen LogP contribution in [0.4, 0.5) is 5.69 Å². The Kier molecular flexibility index (Phi) is 4.51. The molecule has 1 aromatic carbocycles. The third kappa shape index (κ3) is 3.50. The van der Waals surface area contributed by atoms with Gasteiger partial charge in [0, 0.05) is 24.7 Å². The molecule has 1 aliphatic carbocycles. The van der Waals surface area contributed by atoms with E-state index in [0.29, 0.717) is 5.41 Å². The van der Waals surface area contributed by atoms with Gasteiger partial charge in [-0.15, -0.1) is 0 Å². The van der Waals surface area contributed by atoms with Crippen molar-refractivity contribution in [3.63, 3.8) is 0 Å². The van der Waals surface area contributed by atoms with Crippen molar-refractivity contribution in [3.05, 3.63) is 29.8 Å². The number of hydrogen-bond donors (Lipinski definition) is 1. The van der Waals surface area contributed by atoms with Gasteiger partial charge < -0.3 is 10.6 Å². The minimum atomic E-state index is 0.380. The Morgan fingerprint density at radius 1 is 1.21 bits per heavy atom. The summed E-state index contributed by atoms with van der Waals surface area (Å²) in [5.74, 6) is 0.721. The molecule has 2 N–H and O–H groups in total. The highest BCUT2D eigenvalue weighted by Gasteiger charge is 2.36. The maximum atomic E-state index is 5.95. The molecule has 0 aromatic heterocycles. The van der Waals surface area contributed by atoms with Crippen LogP contribution < -0.4 is 10.6 Å². The summed E-state index contributed by atoms with van der Waals surface area (Å²) in [7, 11) is 2.19. The Morgan fingerprint density at radius 3 is 2.26 bits per heavy atom. The van der Waals surface area contributed by atoms with E-state index in [2.05, 4.69) is 50.1 Å². The predicted octanol–water partition coefficient (Wildman–Crippen LogP) is 3.45. The molecule has 0 amide bonds. The van der Waals surface area contributed by atoms with E-state index in [1.807, 2.05) is 0 Å². The minimum Gasteiger partial charge on any atom is -0.374 e. The smallest absolute Gasteiger partial charge is 0.0363 e. The normalized spacial score (nSPS) is 17.3. The molecule has 1 saturated carbocycles. The second-order valence-corrected chi connectivity index (χ2v) is 6.68. The zero-order valence-corrected chi connectivity index (χ0v) is 12.7. The van der Waals surface area contributed by atoms with Crippen LogP contribution >= 0.6 is 0 Å². The largest absolute Gasteiger partial charge is 0.374 e. The van der Waals surface area contributed by atoms with E-state index < -0.39 is 0 Å². The summed E-state index contributed by atoms with van der Waals surface area (Å²) in [6.45, 7) is 6.44. The van der Waals surface area contributed by atoms with E-state index in [-0.39, 0.29) is 0 Å². The number of nitrogens with two attached hydrogens (primary N) is 1. The van der Waals surface area contributed by atoms with Crippen LogP contribution in [-0.4, -0.2) is 20.1 Å². The lowest BCUT2D eigenvalue weighted by atomic mass is 9.68. The number of benzene rings is 1. The van der Waals surface area contributed by atoms with Gasteiger partial charge >= 0.3 is 0 Å². The first-order chi connectivity index (χ1) is 9.04. The van der Waals surface area contributed by atoms with Gasteiger partial charge in [-0.3, -0.25) is 0 Å². The average molecular weight is 260 g/mol. The molecule has 1 aromatic rings. The van der Waals surface area contributed by atoms with Gasteiger partial charge in [-0.1, -0.05) is 32.4 Å². The van der Waals surface area contributed by atoms with Gasteiger partial charge in [-0.2, -0.15) is 0 Å². The molecule has 0 saturated heterocycles. The van der Waals surface area contributed by atoms with Crippen molar-refractivity contribution < 1.29 is 0 Å². The summed E-state index contributed by atoms with van der Waals surface area (Å²) < 4.78 is 0. The molecule has 0 heterocycles. The van der Waals surface area contributed by atoms with Gasteiger partial charge in [-0.25, -0.2) is 0 Å². The summed E-state index contributed by atoms with van der Waals surface area (Å²) in [6.07, 6.45) is 5.09. The average Bonchev–Trinajstić information content (AvgIpc) is 2.34. The topological polar surface area (TPSA) is 29.3 Å². The zero-order valence-electron chi connectivity index (χ0n) is 12.7. The number of rotatable bonds is 6. The number of anilines is 1. The van der Waals surface area contributed by atoms with Crippen LogP contribution in [0, 0.1) is 11.3 Å². The molecule has 2 nitrogen and oxygen atoms in total. The summed E-state index contributed by atoms with van der Waals surface area (Å²) in [5, 5.41) is 0. The standard InChI is InChI=1S/C17H28N2/c1-14(2)11-15-5-7-16(8-6-15)19(3)13-17(12-18)9-4-10-17/h5-8,14H,4,9-13,18H2,1-3H3. The molecule has 0 bridgehead atoms. The van der Waals surface area contributed by atoms with E-state index in [0.717, 1.165) is 25.4 Å². The molecule has 0 unspecified atom stereocenters. The Hall–Kier alpha value is -1.02. The van der Waals surface area contributed by atoms with Crippen LogP contribution in [-0.2, 0) is 6.42 Å². The maximum absolute atomic E-state index is 5.95. The fourth-order valence-corrected chi connectivity index (χ4v) is 3.06. The van der Waals surface area contributed by atoms with E-state index in [1.165, 1.54) is 30.5 Å². The summed E-state index contributed by atoms with van der Waals surface area (Å²) in [4.78, 5) is 2.37. The van der Waals surface area contributed by atoms with Crippen molar-refractivity contribution in [3.8, 4) is 0 Å². The molecular weight excluding hydrogens is 232 g/mol. The summed E-state index contributed by atoms with van der Waals surface area (Å²) >= 11 is 0. The summed E-state index contributed by atoms with van der Waals surface area (Å²) in [5.41, 5.74) is 9.07. The highest BCUT2D eigenvalue weighted by molar-refractivity contribution is 5.47. The molecule has 2 rings (SSSR count). The van der Waals surface area contributed by atoms with Gasteiger partial charge in [0.2, 0.25) is 0 Å². The number of hydrogen-bond acceptors (Lipinski definition) is 2. The van der Waals surface area contributed by atoms with Crippen molar-refractivity contribution in [2.24, 2.45) is 17.1 Å². The van der Waals surface area contributed by atoms with E-state index in [9.17, 15) is 0 Å². The molecule has 1 fully saturated rings. The van der Waals surface area contributed by atoms with Crippen molar-refractivity contribution in [1.29, 1.82) is 0 Å². The fraction of sp³-hybridized carbons (Fsp3) is 0.647. The van der Waals surface area contributed by atoms with Crippen LogP contribution in [0.25, 0.3) is 0 Å². The van der Waals surface area contributed by atoms with Crippen molar-refractivity contribution in [2.45, 2.75) is 39.5 Å². The SMILES string of the molecule is CC(C)Cc1ccc(N(C)CC2(CN)CCC2)cc1. The second-order valence-electron chi connectivity index (χ2n) is 6.68. The lowest BCUT2D eigenvalue weighted by Crippen LogP contribution is -2.46. The van der Waals surface area contributed by atoms with E-state index in [4.69, 9.17) is 5.73 Å². The van der Waals surface area contributed by atoms with Crippen molar-refractivity contribution >= 4 is 5.69 Å². The molecule has 19 heavy (non-hydrogen) atoms. The van der Waals surface area contributed by atoms with Gasteiger partial charge in [0.15, 0.2) is 0 Å². The van der Waals surface area contributed by atoms with Crippen molar-refractivity contribution in [2.75, 3.05) is 25.0 Å². The lowest BCUT2D eigenvalue weighted by molar-refractivity contribution is 0.154. The molecule has 0 atom stereocenters. The van der Waals surface area contributed by atoms with E-state index >= 15 is 0 Å². The molecule has 1 aliphatic rings. The highest BCUT2D eigenvalue weighted by Crippen LogP contribution is 2.40. The number of nitrogens with zero attached hydrogens (tertiary/aromatic N) is 1. The quantitative estimate of drug-likeness (QED) is 0.849. The molecule has 106 valence electrons. The lowest BCUT2D eigenvalue weighted by Gasteiger charge is -2.44. The maximum Gasteiger partial charge on any atom is 0.0363 e. The second kappa shape index (κ2) is 5.96. The predicted molar refractivity (Wildman–Crippen MR) is 83.6 cm³/mol. The molecule has 2 heteroatoms. The van der Waals surface area contributed by atoms with E-state index in [1.54, 1.807) is 0 Å². The molecular formula is C17H28N2. The first-order valence-corrected chi connectivity index (χ1v) is 7.55. The minimum absolute atomic E-state index is 0.380. The molecule has 0 radical (unpaired) electrons. The Bertz CT molecular complexity index is 385. The molecule has 0 spiro atoms. The third-order valence-corrected chi connectivity index (χ3v) is 4.44. The first-order valence-electron chi connectivity index (χ1n) is 7.55. The monoisotopic (exact) mass is 260 g/mol. The van der Waals surface area contributed by atoms with Gasteiger partial charge in [0.05, 0.1) is 0 Å².